The van der Waals surface area contributed by atoms with E-state index < -0.39 is 18.0 Å². The lowest BCUT2D eigenvalue weighted by Crippen LogP contribution is -2.39. The Labute approximate surface area is 193 Å². The highest BCUT2D eigenvalue weighted by Gasteiger charge is 2.33. The monoisotopic (exact) mass is 462 g/mol. The Balaban J connectivity index is 1.90. The molecular formula is C25H22N2O5S. The van der Waals surface area contributed by atoms with E-state index in [0.717, 1.165) is 11.1 Å². The fraction of sp³-hybridized carbons (Fsp3) is 0.200. The third-order valence-corrected chi connectivity index (χ3v) is 6.24. The number of aryl methyl sites for hydroxylation is 1. The molecular weight excluding hydrogens is 440 g/mol. The average molecular weight is 463 g/mol. The number of carbonyl (C=O) groups is 2. The van der Waals surface area contributed by atoms with Gasteiger partial charge in [0.25, 0.3) is 5.56 Å². The van der Waals surface area contributed by atoms with Gasteiger partial charge in [-0.25, -0.2) is 9.79 Å². The summed E-state index contributed by atoms with van der Waals surface area (Å²) in [4.78, 5) is 42.5. The first-order valence-electron chi connectivity index (χ1n) is 10.2. The molecule has 0 amide bonds. The van der Waals surface area contributed by atoms with Gasteiger partial charge in [0.15, 0.2) is 4.80 Å². The lowest BCUT2D eigenvalue weighted by molar-refractivity contribution is -0.136. The number of hydrogen-bond acceptors (Lipinski definition) is 7. The second kappa shape index (κ2) is 8.99. The number of methoxy groups -OCH3 is 1. The van der Waals surface area contributed by atoms with Crippen molar-refractivity contribution in [3.05, 3.63) is 96.2 Å². The topological polar surface area (TPSA) is 87.0 Å². The van der Waals surface area contributed by atoms with Crippen LogP contribution in [0.4, 0.5) is 0 Å². The number of esters is 2. The third kappa shape index (κ3) is 4.42. The zero-order valence-electron chi connectivity index (χ0n) is 18.6. The van der Waals surface area contributed by atoms with Crippen LogP contribution in [-0.2, 0) is 14.3 Å². The number of fused-ring (bicyclic) bond motifs is 1. The quantitative estimate of drug-likeness (QED) is 0.440. The predicted molar refractivity (Wildman–Crippen MR) is 125 cm³/mol. The van der Waals surface area contributed by atoms with Crippen LogP contribution in [0.2, 0.25) is 0 Å². The van der Waals surface area contributed by atoms with Gasteiger partial charge in [0.05, 0.1) is 29.0 Å². The highest BCUT2D eigenvalue weighted by atomic mass is 32.1. The van der Waals surface area contributed by atoms with Crippen molar-refractivity contribution >= 4 is 29.4 Å². The van der Waals surface area contributed by atoms with Gasteiger partial charge in [0, 0.05) is 6.92 Å². The van der Waals surface area contributed by atoms with Crippen LogP contribution in [0.25, 0.3) is 6.08 Å². The number of carbonyl (C=O) groups excluding carboxylic acids is 2. The Morgan fingerprint density at radius 1 is 1.06 bits per heavy atom. The Morgan fingerprint density at radius 2 is 1.73 bits per heavy atom. The Morgan fingerprint density at radius 3 is 2.33 bits per heavy atom. The predicted octanol–water partition coefficient (Wildman–Crippen LogP) is 2.64. The molecule has 33 heavy (non-hydrogen) atoms. The van der Waals surface area contributed by atoms with Crippen LogP contribution in [0.1, 0.15) is 36.6 Å². The molecule has 1 aliphatic rings. The number of allylic oxidation sites excluding steroid dienone is 1. The molecule has 0 radical (unpaired) electrons. The number of nitrogens with zero attached hydrogens (tertiary/aromatic N) is 2. The van der Waals surface area contributed by atoms with Crippen LogP contribution in [0.15, 0.2) is 69.6 Å². The molecule has 2 heterocycles. The minimum absolute atomic E-state index is 0.248. The van der Waals surface area contributed by atoms with Crippen LogP contribution in [-0.4, -0.2) is 23.6 Å². The van der Waals surface area contributed by atoms with Gasteiger partial charge in [-0.05, 0) is 43.2 Å². The second-order valence-corrected chi connectivity index (χ2v) is 8.66. The standard InChI is InChI=1S/C25H22N2O5S/c1-14-5-7-17(8-6-14)13-20-23(29)27-22(18-9-11-19(12-10-18)32-16(3)28)21(24(30)31-4)15(2)26-25(27)33-20/h5-13,22H,1-4H3. The number of hydrogen-bond donors (Lipinski definition) is 0. The maximum Gasteiger partial charge on any atom is 0.338 e. The molecule has 1 aromatic heterocycles. The molecule has 3 aromatic rings. The zero-order chi connectivity index (χ0) is 23.7. The Hall–Kier alpha value is -3.78. The summed E-state index contributed by atoms with van der Waals surface area (Å²) in [6.07, 6.45) is 1.82. The fourth-order valence-electron chi connectivity index (χ4n) is 3.71. The number of thiazole rings is 1. The normalized spacial score (nSPS) is 15.6. The highest BCUT2D eigenvalue weighted by molar-refractivity contribution is 7.07. The van der Waals surface area contributed by atoms with Crippen molar-refractivity contribution in [1.82, 2.24) is 4.57 Å². The van der Waals surface area contributed by atoms with Crippen LogP contribution in [0, 0.1) is 6.92 Å². The molecule has 0 fully saturated rings. The molecule has 0 aliphatic carbocycles. The van der Waals surface area contributed by atoms with E-state index in [2.05, 4.69) is 4.99 Å². The van der Waals surface area contributed by atoms with Gasteiger partial charge in [-0.3, -0.25) is 14.2 Å². The van der Waals surface area contributed by atoms with Crippen molar-refractivity contribution in [2.75, 3.05) is 7.11 Å². The van der Waals surface area contributed by atoms with Crippen molar-refractivity contribution < 1.29 is 19.1 Å². The summed E-state index contributed by atoms with van der Waals surface area (Å²) in [6, 6.07) is 13.8. The van der Waals surface area contributed by atoms with Crippen molar-refractivity contribution in [2.24, 2.45) is 4.99 Å². The summed E-state index contributed by atoms with van der Waals surface area (Å²) in [5.74, 6) is -0.616. The molecule has 1 unspecified atom stereocenters. The summed E-state index contributed by atoms with van der Waals surface area (Å²) >= 11 is 1.27. The van der Waals surface area contributed by atoms with Gasteiger partial charge in [-0.2, -0.15) is 0 Å². The van der Waals surface area contributed by atoms with Crippen molar-refractivity contribution in [1.29, 1.82) is 0 Å². The van der Waals surface area contributed by atoms with E-state index in [9.17, 15) is 14.4 Å². The van der Waals surface area contributed by atoms with Crippen LogP contribution >= 0.6 is 11.3 Å². The summed E-state index contributed by atoms with van der Waals surface area (Å²) in [5.41, 5.74) is 3.22. The number of rotatable bonds is 4. The molecule has 7 nitrogen and oxygen atoms in total. The van der Waals surface area contributed by atoms with Gasteiger partial charge in [0.1, 0.15) is 5.75 Å². The van der Waals surface area contributed by atoms with E-state index in [-0.39, 0.29) is 11.1 Å². The van der Waals surface area contributed by atoms with Crippen LogP contribution < -0.4 is 19.6 Å². The van der Waals surface area contributed by atoms with Gasteiger partial charge < -0.3 is 9.47 Å². The van der Waals surface area contributed by atoms with E-state index in [4.69, 9.17) is 9.47 Å². The average Bonchev–Trinajstić information content (AvgIpc) is 3.08. The molecule has 1 atom stereocenters. The number of aromatic nitrogens is 1. The van der Waals surface area contributed by atoms with Crippen molar-refractivity contribution in [3.63, 3.8) is 0 Å². The molecule has 168 valence electrons. The van der Waals surface area contributed by atoms with Crippen LogP contribution in [0.3, 0.4) is 0 Å². The molecule has 8 heteroatoms. The summed E-state index contributed by atoms with van der Waals surface area (Å²) in [7, 11) is 1.30. The zero-order valence-corrected chi connectivity index (χ0v) is 19.4. The lowest BCUT2D eigenvalue weighted by atomic mass is 9.96. The molecule has 2 aromatic carbocycles. The smallest absolute Gasteiger partial charge is 0.338 e. The molecule has 1 aliphatic heterocycles. The van der Waals surface area contributed by atoms with Gasteiger partial charge in [-0.15, -0.1) is 0 Å². The summed E-state index contributed by atoms with van der Waals surface area (Å²) < 4.78 is 12.2. The van der Waals surface area contributed by atoms with Gasteiger partial charge >= 0.3 is 11.9 Å². The van der Waals surface area contributed by atoms with E-state index >= 15 is 0 Å². The van der Waals surface area contributed by atoms with Crippen molar-refractivity contribution in [3.8, 4) is 5.75 Å². The lowest BCUT2D eigenvalue weighted by Gasteiger charge is -2.24. The van der Waals surface area contributed by atoms with E-state index in [1.807, 2.05) is 37.3 Å². The largest absolute Gasteiger partial charge is 0.466 e. The minimum atomic E-state index is -0.722. The van der Waals surface area contributed by atoms with E-state index in [1.165, 1.54) is 29.9 Å². The molecule has 4 rings (SSSR count). The maximum atomic E-state index is 13.5. The third-order valence-electron chi connectivity index (χ3n) is 5.26. The minimum Gasteiger partial charge on any atom is -0.466 e. The maximum absolute atomic E-state index is 13.5. The molecule has 0 N–H and O–H groups in total. The first kappa shape index (κ1) is 22.4. The molecule has 0 saturated carbocycles. The number of ether oxygens (including phenoxy) is 2. The van der Waals surface area contributed by atoms with Crippen LogP contribution in [0.5, 0.6) is 5.75 Å². The summed E-state index contributed by atoms with van der Waals surface area (Å²) in [6.45, 7) is 5.05. The van der Waals surface area contributed by atoms with E-state index in [0.29, 0.717) is 26.3 Å². The van der Waals surface area contributed by atoms with Gasteiger partial charge in [-0.1, -0.05) is 53.3 Å². The Bertz CT molecular complexity index is 1440. The SMILES string of the molecule is COC(=O)C1=C(C)N=c2sc(=Cc3ccc(C)cc3)c(=O)n2C1c1ccc(OC(C)=O)cc1. The number of benzene rings is 2. The summed E-state index contributed by atoms with van der Waals surface area (Å²) in [5, 5.41) is 0. The van der Waals surface area contributed by atoms with E-state index in [1.54, 1.807) is 31.2 Å². The molecule has 0 saturated heterocycles. The first-order chi connectivity index (χ1) is 15.8. The fourth-order valence-corrected chi connectivity index (χ4v) is 4.75. The second-order valence-electron chi connectivity index (χ2n) is 7.65. The Kier molecular flexibility index (Phi) is 6.11. The highest BCUT2D eigenvalue weighted by Crippen LogP contribution is 2.31. The van der Waals surface area contributed by atoms with Crippen molar-refractivity contribution in [2.45, 2.75) is 26.8 Å². The first-order valence-corrected chi connectivity index (χ1v) is 11.1. The molecule has 0 spiro atoms. The molecule has 0 bridgehead atoms. The van der Waals surface area contributed by atoms with Gasteiger partial charge in [0.2, 0.25) is 0 Å².